The van der Waals surface area contributed by atoms with Crippen LogP contribution < -0.4 is 4.90 Å². The Hall–Kier alpha value is -2.21. The molecule has 0 amide bonds. The summed E-state index contributed by atoms with van der Waals surface area (Å²) in [6, 6.07) is 6.47. The van der Waals surface area contributed by atoms with Crippen molar-refractivity contribution < 1.29 is 9.72 Å². The lowest BCUT2D eigenvalue weighted by Gasteiger charge is -2.18. The second-order valence-corrected chi connectivity index (χ2v) is 4.89. The van der Waals surface area contributed by atoms with Crippen LogP contribution in [0.1, 0.15) is 15.9 Å². The van der Waals surface area contributed by atoms with Crippen molar-refractivity contribution >= 4 is 29.0 Å². The molecule has 0 spiro atoms. The van der Waals surface area contributed by atoms with Gasteiger partial charge in [0, 0.05) is 25.2 Å². The van der Waals surface area contributed by atoms with E-state index in [9.17, 15) is 14.9 Å². The molecule has 1 aromatic heterocycles. The van der Waals surface area contributed by atoms with E-state index in [2.05, 4.69) is 0 Å². The van der Waals surface area contributed by atoms with Crippen LogP contribution >= 0.6 is 11.3 Å². The molecule has 1 aromatic carbocycles. The number of nitro benzene ring substituents is 1. The maximum Gasteiger partial charge on any atom is 0.293 e. The number of rotatable bonds is 5. The zero-order chi connectivity index (χ0) is 13.8. The Labute approximate surface area is 114 Å². The minimum Gasteiger partial charge on any atom is -0.365 e. The van der Waals surface area contributed by atoms with Gasteiger partial charge >= 0.3 is 0 Å². The fraction of sp³-hybridized carbons (Fsp3) is 0.154. The van der Waals surface area contributed by atoms with Crippen LogP contribution in [0.2, 0.25) is 0 Å². The van der Waals surface area contributed by atoms with Gasteiger partial charge in [0.05, 0.1) is 4.92 Å². The Balaban J connectivity index is 2.32. The third kappa shape index (κ3) is 2.97. The number of benzene rings is 1. The molecule has 2 rings (SSSR count). The van der Waals surface area contributed by atoms with Crippen molar-refractivity contribution in [3.05, 3.63) is 56.3 Å². The van der Waals surface area contributed by atoms with Gasteiger partial charge in [-0.3, -0.25) is 14.9 Å². The first-order valence-electron chi connectivity index (χ1n) is 5.57. The summed E-state index contributed by atoms with van der Waals surface area (Å²) < 4.78 is 0. The first-order chi connectivity index (χ1) is 9.11. The predicted octanol–water partition coefficient (Wildman–Crippen LogP) is 3.11. The van der Waals surface area contributed by atoms with E-state index in [1.54, 1.807) is 35.4 Å². The molecule has 0 aliphatic heterocycles. The minimum atomic E-state index is -0.466. The molecule has 0 aliphatic rings. The Morgan fingerprint density at radius 1 is 1.42 bits per heavy atom. The van der Waals surface area contributed by atoms with Gasteiger partial charge in [-0.15, -0.1) is 0 Å². The van der Waals surface area contributed by atoms with Crippen molar-refractivity contribution in [2.45, 2.75) is 6.54 Å². The Kier molecular flexibility index (Phi) is 3.91. The molecule has 0 saturated carbocycles. The van der Waals surface area contributed by atoms with Gasteiger partial charge in [0.2, 0.25) is 0 Å². The lowest BCUT2D eigenvalue weighted by Crippen LogP contribution is -2.17. The van der Waals surface area contributed by atoms with Crippen LogP contribution in [-0.2, 0) is 6.54 Å². The second kappa shape index (κ2) is 5.62. The zero-order valence-corrected chi connectivity index (χ0v) is 11.1. The van der Waals surface area contributed by atoms with Gasteiger partial charge in [0.15, 0.2) is 0 Å². The summed E-state index contributed by atoms with van der Waals surface area (Å²) in [6.07, 6.45) is 0.607. The summed E-state index contributed by atoms with van der Waals surface area (Å²) in [5, 5.41) is 15.0. The van der Waals surface area contributed by atoms with E-state index in [0.29, 0.717) is 24.1 Å². The number of carbonyl (C=O) groups is 1. The van der Waals surface area contributed by atoms with Gasteiger partial charge < -0.3 is 4.90 Å². The summed E-state index contributed by atoms with van der Waals surface area (Å²) in [5.41, 5.74) is 1.85. The maximum absolute atomic E-state index is 11.1. The van der Waals surface area contributed by atoms with Gasteiger partial charge in [-0.2, -0.15) is 11.3 Å². The molecule has 0 radical (unpaired) electrons. The van der Waals surface area contributed by atoms with Crippen LogP contribution in [0.4, 0.5) is 11.4 Å². The summed E-state index contributed by atoms with van der Waals surface area (Å²) in [6.45, 7) is 0.588. The SMILES string of the molecule is CN(Cc1ccsc1)c1ccc(C=O)cc1[N+](=O)[O-]. The molecule has 6 heteroatoms. The lowest BCUT2D eigenvalue weighted by molar-refractivity contribution is -0.384. The first kappa shape index (κ1) is 13.2. The quantitative estimate of drug-likeness (QED) is 0.478. The molecular weight excluding hydrogens is 264 g/mol. The number of hydrogen-bond acceptors (Lipinski definition) is 5. The molecule has 0 saturated heterocycles. The fourth-order valence-corrected chi connectivity index (χ4v) is 2.48. The Bertz CT molecular complexity index is 596. The van der Waals surface area contributed by atoms with Crippen LogP contribution in [0, 0.1) is 10.1 Å². The highest BCUT2D eigenvalue weighted by atomic mass is 32.1. The van der Waals surface area contributed by atoms with Crippen LogP contribution in [0.5, 0.6) is 0 Å². The van der Waals surface area contributed by atoms with Crippen molar-refractivity contribution in [3.63, 3.8) is 0 Å². The Morgan fingerprint density at radius 2 is 2.21 bits per heavy atom. The molecule has 98 valence electrons. The molecule has 0 N–H and O–H groups in total. The van der Waals surface area contributed by atoms with Crippen molar-refractivity contribution in [3.8, 4) is 0 Å². The molecule has 0 aliphatic carbocycles. The largest absolute Gasteiger partial charge is 0.365 e. The van der Waals surface area contributed by atoms with Crippen LogP contribution in [0.25, 0.3) is 0 Å². The number of nitrogens with zero attached hydrogens (tertiary/aromatic N) is 2. The summed E-state index contributed by atoms with van der Waals surface area (Å²) in [7, 11) is 1.79. The van der Waals surface area contributed by atoms with Crippen molar-refractivity contribution in [1.29, 1.82) is 0 Å². The molecule has 0 unspecified atom stereocenters. The lowest BCUT2D eigenvalue weighted by atomic mass is 10.1. The standard InChI is InChI=1S/C13H12N2O3S/c1-14(7-11-4-5-19-9-11)12-3-2-10(8-16)6-13(12)15(17)18/h2-6,8-9H,7H2,1H3. The van der Waals surface area contributed by atoms with E-state index < -0.39 is 4.92 Å². The Morgan fingerprint density at radius 3 is 2.79 bits per heavy atom. The monoisotopic (exact) mass is 276 g/mol. The van der Waals surface area contributed by atoms with Crippen molar-refractivity contribution in [1.82, 2.24) is 0 Å². The van der Waals surface area contributed by atoms with Crippen LogP contribution in [-0.4, -0.2) is 18.3 Å². The maximum atomic E-state index is 11.1. The van der Waals surface area contributed by atoms with E-state index >= 15 is 0 Å². The number of hydrogen-bond donors (Lipinski definition) is 0. The third-order valence-corrected chi connectivity index (χ3v) is 3.48. The zero-order valence-electron chi connectivity index (χ0n) is 10.3. The molecule has 1 heterocycles. The molecule has 0 bridgehead atoms. The average Bonchev–Trinajstić information content (AvgIpc) is 2.90. The van der Waals surface area contributed by atoms with Gasteiger partial charge in [0.25, 0.3) is 5.69 Å². The predicted molar refractivity (Wildman–Crippen MR) is 74.9 cm³/mol. The highest BCUT2D eigenvalue weighted by Gasteiger charge is 2.18. The molecule has 0 fully saturated rings. The van der Waals surface area contributed by atoms with E-state index in [0.717, 1.165) is 5.56 Å². The highest BCUT2D eigenvalue weighted by Crippen LogP contribution is 2.29. The number of nitro groups is 1. The number of anilines is 1. The second-order valence-electron chi connectivity index (χ2n) is 4.11. The number of aldehydes is 1. The van der Waals surface area contributed by atoms with E-state index in [4.69, 9.17) is 0 Å². The first-order valence-corrected chi connectivity index (χ1v) is 6.52. The van der Waals surface area contributed by atoms with Crippen LogP contribution in [0.3, 0.4) is 0 Å². The summed E-state index contributed by atoms with van der Waals surface area (Å²) >= 11 is 1.59. The highest BCUT2D eigenvalue weighted by molar-refractivity contribution is 7.07. The van der Waals surface area contributed by atoms with Gasteiger partial charge in [0.1, 0.15) is 12.0 Å². The summed E-state index contributed by atoms with van der Waals surface area (Å²) in [4.78, 5) is 23.1. The molecular formula is C13H12N2O3S. The van der Waals surface area contributed by atoms with E-state index in [-0.39, 0.29) is 5.69 Å². The van der Waals surface area contributed by atoms with Crippen LogP contribution in [0.15, 0.2) is 35.0 Å². The van der Waals surface area contributed by atoms with E-state index in [1.165, 1.54) is 6.07 Å². The fourth-order valence-electron chi connectivity index (χ4n) is 1.82. The molecule has 0 atom stereocenters. The smallest absolute Gasteiger partial charge is 0.293 e. The third-order valence-electron chi connectivity index (χ3n) is 2.74. The van der Waals surface area contributed by atoms with Gasteiger partial charge in [-0.1, -0.05) is 0 Å². The van der Waals surface area contributed by atoms with Gasteiger partial charge in [-0.05, 0) is 34.5 Å². The van der Waals surface area contributed by atoms with Gasteiger partial charge in [-0.25, -0.2) is 0 Å². The van der Waals surface area contributed by atoms with Crippen molar-refractivity contribution in [2.75, 3.05) is 11.9 Å². The summed E-state index contributed by atoms with van der Waals surface area (Å²) in [5.74, 6) is 0. The minimum absolute atomic E-state index is 0.0534. The average molecular weight is 276 g/mol. The van der Waals surface area contributed by atoms with Crippen molar-refractivity contribution in [2.24, 2.45) is 0 Å². The normalized spacial score (nSPS) is 10.2. The topological polar surface area (TPSA) is 63.5 Å². The molecule has 2 aromatic rings. The van der Waals surface area contributed by atoms with E-state index in [1.807, 2.05) is 16.8 Å². The molecule has 5 nitrogen and oxygen atoms in total. The number of thiophene rings is 1. The molecule has 19 heavy (non-hydrogen) atoms. The number of carbonyl (C=O) groups excluding carboxylic acids is 1.